The Balaban J connectivity index is 4.31. The first-order chi connectivity index (χ1) is 7.79. The van der Waals surface area contributed by atoms with Crippen LogP contribution >= 0.6 is 0 Å². The number of unbranched alkanes of at least 4 members (excludes halogenated alkanes) is 3. The number of allylic oxidation sites excluding steroid dienone is 3. The molecule has 0 rings (SSSR count). The Hall–Kier alpha value is -0.820. The van der Waals surface area contributed by atoms with Gasteiger partial charge in [-0.3, -0.25) is 0 Å². The summed E-state index contributed by atoms with van der Waals surface area (Å²) in [4.78, 5) is 0. The number of aliphatic hydroxyl groups excluding tert-OH is 1. The Morgan fingerprint density at radius 3 is 2.38 bits per heavy atom. The topological polar surface area (TPSA) is 20.2 Å². The second kappa shape index (κ2) is 10.7. The molecular weight excluding hydrogens is 196 g/mol. The molecule has 0 aromatic carbocycles. The summed E-state index contributed by atoms with van der Waals surface area (Å²) in [5.74, 6) is 0. The quantitative estimate of drug-likeness (QED) is 0.330. The molecule has 0 spiro atoms. The van der Waals surface area contributed by atoms with Gasteiger partial charge < -0.3 is 5.11 Å². The van der Waals surface area contributed by atoms with Crippen LogP contribution < -0.4 is 0 Å². The van der Waals surface area contributed by atoms with E-state index in [-0.39, 0.29) is 6.61 Å². The van der Waals surface area contributed by atoms with Gasteiger partial charge in [0.15, 0.2) is 0 Å². The summed E-state index contributed by atoms with van der Waals surface area (Å²) in [5, 5.41) is 8.99. The number of aliphatic hydroxyl groups is 1. The highest BCUT2D eigenvalue weighted by atomic mass is 16.2. The van der Waals surface area contributed by atoms with Crippen LogP contribution in [0.3, 0.4) is 0 Å². The van der Waals surface area contributed by atoms with Crippen molar-refractivity contribution in [2.45, 2.75) is 51.9 Å². The third-order valence-electron chi connectivity index (χ3n) is 2.80. The van der Waals surface area contributed by atoms with E-state index in [0.717, 1.165) is 19.3 Å². The van der Waals surface area contributed by atoms with E-state index in [4.69, 9.17) is 5.11 Å². The summed E-state index contributed by atoms with van der Waals surface area (Å²) >= 11 is 0. The monoisotopic (exact) mass is 222 g/mol. The van der Waals surface area contributed by atoms with Crippen molar-refractivity contribution in [3.05, 3.63) is 36.5 Å². The molecule has 0 aliphatic heterocycles. The highest BCUT2D eigenvalue weighted by Crippen LogP contribution is 2.20. The molecule has 0 bridgehead atoms. The van der Waals surface area contributed by atoms with E-state index in [2.05, 4.69) is 20.1 Å². The van der Waals surface area contributed by atoms with Crippen LogP contribution in [0.15, 0.2) is 36.5 Å². The predicted molar refractivity (Wildman–Crippen MR) is 72.5 cm³/mol. The van der Waals surface area contributed by atoms with Crippen molar-refractivity contribution < 1.29 is 5.11 Å². The van der Waals surface area contributed by atoms with E-state index in [1.165, 1.54) is 36.8 Å². The molecule has 0 fully saturated rings. The molecule has 0 atom stereocenters. The third kappa shape index (κ3) is 6.62. The lowest BCUT2D eigenvalue weighted by Crippen LogP contribution is -1.94. The summed E-state index contributed by atoms with van der Waals surface area (Å²) in [6.07, 6.45) is 11.7. The zero-order chi connectivity index (χ0) is 12.2. The van der Waals surface area contributed by atoms with Crippen molar-refractivity contribution in [1.82, 2.24) is 0 Å². The first kappa shape index (κ1) is 15.2. The largest absolute Gasteiger partial charge is 0.396 e. The zero-order valence-electron chi connectivity index (χ0n) is 10.7. The third-order valence-corrected chi connectivity index (χ3v) is 2.80. The standard InChI is InChI=1S/C15H26O/c1-4-7-8-9-11-15(10-5-2)14(6-3)12-13-16/h5-6,16H,2-4,7-13H2,1H3/b15-14+. The molecule has 0 aliphatic carbocycles. The smallest absolute Gasteiger partial charge is 0.0471 e. The lowest BCUT2D eigenvalue weighted by Gasteiger charge is -2.10. The van der Waals surface area contributed by atoms with Crippen LogP contribution in [0.2, 0.25) is 0 Å². The van der Waals surface area contributed by atoms with Gasteiger partial charge in [0, 0.05) is 6.61 Å². The molecule has 16 heavy (non-hydrogen) atoms. The Morgan fingerprint density at radius 2 is 1.88 bits per heavy atom. The maximum absolute atomic E-state index is 8.99. The fraction of sp³-hybridized carbons (Fsp3) is 0.600. The van der Waals surface area contributed by atoms with E-state index in [9.17, 15) is 0 Å². The van der Waals surface area contributed by atoms with Crippen molar-refractivity contribution in [1.29, 1.82) is 0 Å². The zero-order valence-corrected chi connectivity index (χ0v) is 10.7. The van der Waals surface area contributed by atoms with Crippen LogP contribution in [0, 0.1) is 0 Å². The van der Waals surface area contributed by atoms with Crippen molar-refractivity contribution in [3.8, 4) is 0 Å². The second-order valence-corrected chi connectivity index (χ2v) is 4.11. The average molecular weight is 222 g/mol. The van der Waals surface area contributed by atoms with Crippen molar-refractivity contribution in [2.75, 3.05) is 6.61 Å². The second-order valence-electron chi connectivity index (χ2n) is 4.11. The maximum atomic E-state index is 8.99. The number of hydrogen-bond donors (Lipinski definition) is 1. The lowest BCUT2D eigenvalue weighted by atomic mass is 9.96. The van der Waals surface area contributed by atoms with Crippen LogP contribution in [-0.4, -0.2) is 11.7 Å². The van der Waals surface area contributed by atoms with Gasteiger partial charge in [0.2, 0.25) is 0 Å². The molecule has 0 unspecified atom stereocenters. The van der Waals surface area contributed by atoms with Gasteiger partial charge in [0.05, 0.1) is 0 Å². The first-order valence-electron chi connectivity index (χ1n) is 6.35. The summed E-state index contributed by atoms with van der Waals surface area (Å²) < 4.78 is 0. The summed E-state index contributed by atoms with van der Waals surface area (Å²) in [7, 11) is 0. The van der Waals surface area contributed by atoms with E-state index in [1.54, 1.807) is 0 Å². The normalized spacial score (nSPS) is 12.1. The Morgan fingerprint density at radius 1 is 1.12 bits per heavy atom. The molecular formula is C15H26O. The Labute approximate surface area is 101 Å². The van der Waals surface area contributed by atoms with Gasteiger partial charge >= 0.3 is 0 Å². The van der Waals surface area contributed by atoms with Crippen molar-refractivity contribution >= 4 is 0 Å². The van der Waals surface area contributed by atoms with E-state index in [0.29, 0.717) is 0 Å². The molecule has 0 saturated heterocycles. The van der Waals surface area contributed by atoms with Gasteiger partial charge in [-0.2, -0.15) is 0 Å². The van der Waals surface area contributed by atoms with E-state index < -0.39 is 0 Å². The van der Waals surface area contributed by atoms with Crippen LogP contribution in [-0.2, 0) is 0 Å². The van der Waals surface area contributed by atoms with Crippen LogP contribution in [0.5, 0.6) is 0 Å². The lowest BCUT2D eigenvalue weighted by molar-refractivity contribution is 0.300. The Bertz CT molecular complexity index is 226. The molecule has 92 valence electrons. The Kier molecular flexibility index (Phi) is 10.1. The molecule has 0 heterocycles. The molecule has 0 aromatic rings. The molecule has 1 heteroatoms. The molecule has 0 saturated carbocycles. The van der Waals surface area contributed by atoms with Crippen LogP contribution in [0.1, 0.15) is 51.9 Å². The van der Waals surface area contributed by atoms with Crippen LogP contribution in [0.4, 0.5) is 0 Å². The van der Waals surface area contributed by atoms with Gasteiger partial charge in [0.25, 0.3) is 0 Å². The average Bonchev–Trinajstić information content (AvgIpc) is 2.30. The molecule has 1 N–H and O–H groups in total. The minimum absolute atomic E-state index is 0.205. The molecule has 0 amide bonds. The van der Waals surface area contributed by atoms with E-state index >= 15 is 0 Å². The van der Waals surface area contributed by atoms with Crippen molar-refractivity contribution in [2.24, 2.45) is 0 Å². The minimum atomic E-state index is 0.205. The fourth-order valence-electron chi connectivity index (χ4n) is 1.88. The highest BCUT2D eigenvalue weighted by Gasteiger charge is 2.02. The molecule has 0 aliphatic rings. The van der Waals surface area contributed by atoms with Crippen molar-refractivity contribution in [3.63, 3.8) is 0 Å². The van der Waals surface area contributed by atoms with Gasteiger partial charge in [-0.15, -0.1) is 6.58 Å². The summed E-state index contributed by atoms with van der Waals surface area (Å²) in [6, 6.07) is 0. The molecule has 0 aromatic heterocycles. The summed E-state index contributed by atoms with van der Waals surface area (Å²) in [6.45, 7) is 10.0. The predicted octanol–water partition coefficient (Wildman–Crippen LogP) is 4.40. The van der Waals surface area contributed by atoms with Crippen LogP contribution in [0.25, 0.3) is 0 Å². The SMILES string of the molecule is C=CC/C(CCCCCC)=C(/C=C)CCO. The number of rotatable bonds is 10. The van der Waals surface area contributed by atoms with Gasteiger partial charge in [0.1, 0.15) is 0 Å². The van der Waals surface area contributed by atoms with Gasteiger partial charge in [-0.05, 0) is 31.3 Å². The van der Waals surface area contributed by atoms with Gasteiger partial charge in [-0.25, -0.2) is 0 Å². The fourth-order valence-corrected chi connectivity index (χ4v) is 1.88. The number of hydrogen-bond acceptors (Lipinski definition) is 1. The molecule has 1 nitrogen and oxygen atoms in total. The highest BCUT2D eigenvalue weighted by molar-refractivity contribution is 5.25. The first-order valence-corrected chi connectivity index (χ1v) is 6.35. The maximum Gasteiger partial charge on any atom is 0.0471 e. The van der Waals surface area contributed by atoms with Gasteiger partial charge in [-0.1, -0.05) is 50.5 Å². The summed E-state index contributed by atoms with van der Waals surface area (Å²) in [5.41, 5.74) is 2.61. The molecule has 0 radical (unpaired) electrons. The minimum Gasteiger partial charge on any atom is -0.396 e. The van der Waals surface area contributed by atoms with E-state index in [1.807, 2.05) is 12.2 Å².